The Bertz CT molecular complexity index is 1070. The molecular formula is C23H29N7O2S. The highest BCUT2D eigenvalue weighted by atomic mass is 32.1. The molecular weight excluding hydrogens is 438 g/mol. The van der Waals surface area contributed by atoms with Crippen LogP contribution in [0.25, 0.3) is 10.2 Å². The smallest absolute Gasteiger partial charge is 0.248 e. The van der Waals surface area contributed by atoms with E-state index in [2.05, 4.69) is 44.8 Å². The van der Waals surface area contributed by atoms with E-state index in [0.717, 1.165) is 41.1 Å². The lowest BCUT2D eigenvalue weighted by atomic mass is 10.2. The van der Waals surface area contributed by atoms with E-state index in [1.54, 1.807) is 28.7 Å². The van der Waals surface area contributed by atoms with Crippen LogP contribution in [0.15, 0.2) is 59.3 Å². The molecule has 10 heteroatoms. The average molecular weight is 468 g/mol. The topological polar surface area (TPSA) is 86.5 Å². The van der Waals surface area contributed by atoms with Crippen LogP contribution in [-0.4, -0.2) is 78.3 Å². The summed E-state index contributed by atoms with van der Waals surface area (Å²) in [5.41, 5.74) is 1.05. The quantitative estimate of drug-likeness (QED) is 0.416. The minimum Gasteiger partial charge on any atom is -0.370 e. The Morgan fingerprint density at radius 1 is 1.27 bits per heavy atom. The SMILES string of the molecule is C=C/C=C\C1=CN(CCOCC(=O)N2CCN(c3ncnc4sc(CC)cc34)CC2)N=NC1. The fraction of sp³-hybridized carbons (Fsp3) is 0.435. The lowest BCUT2D eigenvalue weighted by Crippen LogP contribution is -2.50. The third kappa shape index (κ3) is 5.82. The van der Waals surface area contributed by atoms with E-state index in [1.807, 2.05) is 23.3 Å². The summed E-state index contributed by atoms with van der Waals surface area (Å²) in [5.74, 6) is 0.974. The molecule has 0 spiro atoms. The summed E-state index contributed by atoms with van der Waals surface area (Å²) in [6, 6.07) is 2.19. The van der Waals surface area contributed by atoms with Crippen LogP contribution < -0.4 is 4.90 Å². The van der Waals surface area contributed by atoms with Crippen molar-refractivity contribution in [1.29, 1.82) is 0 Å². The molecule has 2 aliphatic rings. The Kier molecular flexibility index (Phi) is 7.79. The maximum atomic E-state index is 12.6. The Labute approximate surface area is 197 Å². The van der Waals surface area contributed by atoms with Crippen LogP contribution in [0.4, 0.5) is 5.82 Å². The maximum absolute atomic E-state index is 12.6. The molecule has 2 aliphatic heterocycles. The van der Waals surface area contributed by atoms with Gasteiger partial charge in [-0.1, -0.05) is 37.0 Å². The summed E-state index contributed by atoms with van der Waals surface area (Å²) < 4.78 is 5.62. The summed E-state index contributed by atoms with van der Waals surface area (Å²) in [7, 11) is 0. The molecule has 0 aromatic carbocycles. The van der Waals surface area contributed by atoms with Crippen LogP contribution in [0, 0.1) is 0 Å². The normalized spacial score (nSPS) is 16.6. The average Bonchev–Trinajstić information content (AvgIpc) is 3.29. The number of hydrogen-bond donors (Lipinski definition) is 0. The minimum atomic E-state index is 0.0108. The van der Waals surface area contributed by atoms with Crippen LogP contribution in [0.3, 0.4) is 0 Å². The molecule has 2 aromatic rings. The number of anilines is 1. The second kappa shape index (κ2) is 11.2. The number of thiophene rings is 1. The van der Waals surface area contributed by atoms with Crippen molar-refractivity contribution in [3.63, 3.8) is 0 Å². The fourth-order valence-corrected chi connectivity index (χ4v) is 4.67. The van der Waals surface area contributed by atoms with Crippen LogP contribution in [0.1, 0.15) is 11.8 Å². The summed E-state index contributed by atoms with van der Waals surface area (Å²) in [6.45, 7) is 10.2. The van der Waals surface area contributed by atoms with Crippen molar-refractivity contribution in [2.75, 3.05) is 57.4 Å². The Morgan fingerprint density at radius 3 is 2.91 bits per heavy atom. The third-order valence-corrected chi connectivity index (χ3v) is 6.71. The first-order chi connectivity index (χ1) is 16.2. The monoisotopic (exact) mass is 467 g/mol. The zero-order chi connectivity index (χ0) is 23.0. The van der Waals surface area contributed by atoms with Gasteiger partial charge < -0.3 is 14.5 Å². The number of carbonyl (C=O) groups is 1. The number of carbonyl (C=O) groups excluding carboxylic acids is 1. The summed E-state index contributed by atoms with van der Waals surface area (Å²) in [5, 5.41) is 11.0. The lowest BCUT2D eigenvalue weighted by molar-refractivity contribution is -0.136. The molecule has 0 atom stereocenters. The fourth-order valence-electron chi connectivity index (χ4n) is 3.74. The summed E-state index contributed by atoms with van der Waals surface area (Å²) >= 11 is 1.72. The zero-order valence-corrected chi connectivity index (χ0v) is 19.7. The van der Waals surface area contributed by atoms with E-state index in [4.69, 9.17) is 4.74 Å². The highest BCUT2D eigenvalue weighted by molar-refractivity contribution is 7.18. The number of allylic oxidation sites excluding steroid dienone is 2. The van der Waals surface area contributed by atoms with Gasteiger partial charge in [0.05, 0.1) is 25.1 Å². The van der Waals surface area contributed by atoms with E-state index >= 15 is 0 Å². The molecule has 33 heavy (non-hydrogen) atoms. The van der Waals surface area contributed by atoms with Crippen molar-refractivity contribution in [2.24, 2.45) is 10.3 Å². The van der Waals surface area contributed by atoms with Gasteiger partial charge in [-0.2, -0.15) is 5.11 Å². The van der Waals surface area contributed by atoms with Crippen molar-refractivity contribution in [2.45, 2.75) is 13.3 Å². The molecule has 174 valence electrons. The Hall–Kier alpha value is -3.11. The van der Waals surface area contributed by atoms with Crippen molar-refractivity contribution >= 4 is 33.3 Å². The molecule has 1 saturated heterocycles. The number of rotatable bonds is 9. The van der Waals surface area contributed by atoms with E-state index in [1.165, 1.54) is 4.88 Å². The first-order valence-electron chi connectivity index (χ1n) is 11.2. The molecule has 1 amide bonds. The van der Waals surface area contributed by atoms with Gasteiger partial charge in [-0.25, -0.2) is 9.97 Å². The second-order valence-corrected chi connectivity index (χ2v) is 8.87. The van der Waals surface area contributed by atoms with Crippen molar-refractivity contribution in [1.82, 2.24) is 19.9 Å². The number of hydrogen-bond acceptors (Lipinski definition) is 9. The summed E-state index contributed by atoms with van der Waals surface area (Å²) in [4.78, 5) is 28.0. The van der Waals surface area contributed by atoms with Gasteiger partial charge >= 0.3 is 0 Å². The van der Waals surface area contributed by atoms with Gasteiger partial charge in [-0.3, -0.25) is 9.80 Å². The zero-order valence-electron chi connectivity index (χ0n) is 18.9. The molecule has 0 saturated carbocycles. The number of amides is 1. The highest BCUT2D eigenvalue weighted by Gasteiger charge is 2.23. The van der Waals surface area contributed by atoms with Crippen LogP contribution >= 0.6 is 11.3 Å². The number of ether oxygens (including phenoxy) is 1. The molecule has 4 rings (SSSR count). The Morgan fingerprint density at radius 2 is 2.12 bits per heavy atom. The van der Waals surface area contributed by atoms with E-state index in [9.17, 15) is 4.79 Å². The number of aryl methyl sites for hydroxylation is 1. The number of piperazine rings is 1. The number of nitrogens with zero attached hydrogens (tertiary/aromatic N) is 7. The van der Waals surface area contributed by atoms with Crippen molar-refractivity contribution in [3.8, 4) is 0 Å². The van der Waals surface area contributed by atoms with Crippen LogP contribution in [0.2, 0.25) is 0 Å². The van der Waals surface area contributed by atoms with Gasteiger partial charge in [-0.05, 0) is 18.1 Å². The van der Waals surface area contributed by atoms with E-state index in [0.29, 0.717) is 32.8 Å². The molecule has 0 radical (unpaired) electrons. The van der Waals surface area contributed by atoms with Crippen LogP contribution in [-0.2, 0) is 16.0 Å². The van der Waals surface area contributed by atoms with Gasteiger partial charge in [0, 0.05) is 37.3 Å². The van der Waals surface area contributed by atoms with Gasteiger partial charge in [0.1, 0.15) is 23.6 Å². The molecule has 2 aromatic heterocycles. The van der Waals surface area contributed by atoms with Crippen molar-refractivity contribution in [3.05, 3.63) is 53.9 Å². The van der Waals surface area contributed by atoms with Crippen molar-refractivity contribution < 1.29 is 9.53 Å². The number of fused-ring (bicyclic) bond motifs is 1. The molecule has 1 fully saturated rings. The highest BCUT2D eigenvalue weighted by Crippen LogP contribution is 2.30. The molecule has 0 unspecified atom stereocenters. The maximum Gasteiger partial charge on any atom is 0.248 e. The number of aromatic nitrogens is 2. The van der Waals surface area contributed by atoms with Crippen LogP contribution in [0.5, 0.6) is 0 Å². The van der Waals surface area contributed by atoms with Gasteiger partial charge in [0.15, 0.2) is 0 Å². The van der Waals surface area contributed by atoms with E-state index < -0.39 is 0 Å². The van der Waals surface area contributed by atoms with Gasteiger partial charge in [-0.15, -0.1) is 11.3 Å². The molecule has 0 N–H and O–H groups in total. The Balaban J connectivity index is 1.22. The molecule has 0 bridgehead atoms. The second-order valence-electron chi connectivity index (χ2n) is 7.75. The van der Waals surface area contributed by atoms with E-state index in [-0.39, 0.29) is 12.5 Å². The molecule has 4 heterocycles. The first kappa shape index (κ1) is 23.1. The third-order valence-electron chi connectivity index (χ3n) is 5.52. The summed E-state index contributed by atoms with van der Waals surface area (Å²) in [6.07, 6.45) is 10.1. The predicted molar refractivity (Wildman–Crippen MR) is 130 cm³/mol. The largest absolute Gasteiger partial charge is 0.370 e. The minimum absolute atomic E-state index is 0.0108. The lowest BCUT2D eigenvalue weighted by Gasteiger charge is -2.35. The van der Waals surface area contributed by atoms with Gasteiger partial charge in [0.25, 0.3) is 0 Å². The molecule has 9 nitrogen and oxygen atoms in total. The van der Waals surface area contributed by atoms with Gasteiger partial charge in [0.2, 0.25) is 5.91 Å². The molecule has 0 aliphatic carbocycles. The first-order valence-corrected chi connectivity index (χ1v) is 12.0. The standard InChI is InChI=1S/C23H29N7O2S/c1-3-5-6-18-14-26-27-30(15-18)11-12-32-16-21(31)28-7-9-29(10-8-28)22-20-13-19(4-2)33-23(20)25-17-24-22/h3,5-6,13,15,17H,1,4,7-12,14,16H2,2H3/b6-5-. The predicted octanol–water partition coefficient (Wildman–Crippen LogP) is 3.23.